The van der Waals surface area contributed by atoms with Crippen molar-refractivity contribution < 1.29 is 9.53 Å². The van der Waals surface area contributed by atoms with Crippen LogP contribution in [-0.2, 0) is 22.6 Å². The number of amides is 1. The highest BCUT2D eigenvalue weighted by atomic mass is 32.1. The second-order valence-electron chi connectivity index (χ2n) is 3.34. The monoisotopic (exact) mass is 212 g/mol. The van der Waals surface area contributed by atoms with Gasteiger partial charge in [-0.15, -0.1) is 11.3 Å². The Labute approximate surface area is 86.3 Å². The molecule has 1 aromatic rings. The fourth-order valence-electron chi connectivity index (χ4n) is 1.55. The highest BCUT2D eigenvalue weighted by molar-refractivity contribution is 7.10. The highest BCUT2D eigenvalue weighted by Gasteiger charge is 2.19. The van der Waals surface area contributed by atoms with Crippen molar-refractivity contribution in [2.75, 3.05) is 18.7 Å². The summed E-state index contributed by atoms with van der Waals surface area (Å²) in [6, 6.07) is 0. The molecule has 0 radical (unpaired) electrons. The minimum absolute atomic E-state index is 0.289. The van der Waals surface area contributed by atoms with Crippen LogP contribution in [0.4, 0.5) is 5.69 Å². The molecule has 5 heteroatoms. The maximum atomic E-state index is 10.8. The average Bonchev–Trinajstić information content (AvgIpc) is 2.49. The van der Waals surface area contributed by atoms with Crippen molar-refractivity contribution >= 4 is 22.9 Å². The molecule has 0 atom stereocenters. The summed E-state index contributed by atoms with van der Waals surface area (Å²) >= 11 is 1.57. The van der Waals surface area contributed by atoms with Crippen molar-refractivity contribution in [1.82, 2.24) is 0 Å². The molecule has 2 heterocycles. The number of hydrogen-bond acceptors (Lipinski definition) is 4. The van der Waals surface area contributed by atoms with Gasteiger partial charge in [-0.25, -0.2) is 0 Å². The molecule has 76 valence electrons. The van der Waals surface area contributed by atoms with E-state index in [2.05, 4.69) is 5.38 Å². The van der Waals surface area contributed by atoms with Crippen molar-refractivity contribution in [2.45, 2.75) is 13.0 Å². The van der Waals surface area contributed by atoms with E-state index in [0.29, 0.717) is 19.8 Å². The quantitative estimate of drug-likeness (QED) is 0.785. The second kappa shape index (κ2) is 3.59. The Morgan fingerprint density at radius 1 is 1.79 bits per heavy atom. The second-order valence-corrected chi connectivity index (χ2v) is 4.31. The Morgan fingerprint density at radius 3 is 3.29 bits per heavy atom. The van der Waals surface area contributed by atoms with Crippen LogP contribution in [0.5, 0.6) is 0 Å². The molecule has 0 aromatic carbocycles. The zero-order valence-corrected chi connectivity index (χ0v) is 8.76. The minimum Gasteiger partial charge on any atom is -0.369 e. The van der Waals surface area contributed by atoms with Gasteiger partial charge in [0, 0.05) is 22.9 Å². The molecule has 0 unspecified atom stereocenters. The number of thiophene rings is 1. The lowest BCUT2D eigenvalue weighted by molar-refractivity contribution is -0.117. The van der Waals surface area contributed by atoms with Crippen LogP contribution in [0.1, 0.15) is 10.4 Å². The van der Waals surface area contributed by atoms with Crippen molar-refractivity contribution in [3.05, 3.63) is 15.8 Å². The van der Waals surface area contributed by atoms with Crippen LogP contribution < -0.4 is 10.6 Å². The predicted octanol–water partition coefficient (Wildman–Crippen LogP) is 0.700. The summed E-state index contributed by atoms with van der Waals surface area (Å²) in [5.41, 5.74) is 7.44. The zero-order chi connectivity index (χ0) is 10.1. The molecule has 0 saturated carbocycles. The third kappa shape index (κ3) is 1.60. The van der Waals surface area contributed by atoms with E-state index in [-0.39, 0.29) is 5.91 Å². The van der Waals surface area contributed by atoms with E-state index in [9.17, 15) is 4.79 Å². The lowest BCUT2D eigenvalue weighted by Crippen LogP contribution is -2.26. The summed E-state index contributed by atoms with van der Waals surface area (Å²) in [7, 11) is 1.97. The van der Waals surface area contributed by atoms with Gasteiger partial charge in [0.1, 0.15) is 6.73 Å². The molecule has 1 aliphatic rings. The van der Waals surface area contributed by atoms with Crippen LogP contribution in [0, 0.1) is 0 Å². The minimum atomic E-state index is -0.289. The maximum Gasteiger partial charge on any atom is 0.222 e. The van der Waals surface area contributed by atoms with Crippen molar-refractivity contribution in [1.29, 1.82) is 0 Å². The van der Waals surface area contributed by atoms with Crippen LogP contribution in [-0.4, -0.2) is 19.7 Å². The number of hydrogen-bond donors (Lipinski definition) is 1. The largest absolute Gasteiger partial charge is 0.369 e. The topological polar surface area (TPSA) is 55.6 Å². The zero-order valence-electron chi connectivity index (χ0n) is 7.95. The number of fused-ring (bicyclic) bond motifs is 1. The number of primary amides is 1. The summed E-state index contributed by atoms with van der Waals surface area (Å²) in [4.78, 5) is 13.9. The Balaban J connectivity index is 2.31. The molecule has 1 aliphatic heterocycles. The Hall–Kier alpha value is -1.07. The standard InChI is InChI=1S/C9H12N2O2S/c1-11-5-13-3-6-7(11)4-14-8(6)2-9(10)12/h4H,2-3,5H2,1H3,(H2,10,12). The molecule has 0 bridgehead atoms. The smallest absolute Gasteiger partial charge is 0.222 e. The molecule has 1 amide bonds. The summed E-state index contributed by atoms with van der Waals surface area (Å²) in [6.07, 6.45) is 0.317. The Bertz CT molecular complexity index is 362. The van der Waals surface area contributed by atoms with E-state index in [4.69, 9.17) is 10.5 Å². The van der Waals surface area contributed by atoms with Gasteiger partial charge < -0.3 is 15.4 Å². The lowest BCUT2D eigenvalue weighted by Gasteiger charge is -2.25. The van der Waals surface area contributed by atoms with E-state index in [0.717, 1.165) is 16.1 Å². The van der Waals surface area contributed by atoms with Gasteiger partial charge in [0.15, 0.2) is 0 Å². The summed E-state index contributed by atoms with van der Waals surface area (Å²) in [5, 5.41) is 2.05. The Kier molecular flexibility index (Phi) is 2.43. The molecule has 0 fully saturated rings. The molecule has 0 saturated heterocycles. The predicted molar refractivity (Wildman–Crippen MR) is 55.3 cm³/mol. The van der Waals surface area contributed by atoms with Gasteiger partial charge in [-0.2, -0.15) is 0 Å². The molecule has 4 nitrogen and oxygen atoms in total. The maximum absolute atomic E-state index is 10.8. The fourth-order valence-corrected chi connectivity index (χ4v) is 2.66. The van der Waals surface area contributed by atoms with Crippen molar-refractivity contribution in [3.63, 3.8) is 0 Å². The van der Waals surface area contributed by atoms with Crippen LogP contribution in [0.2, 0.25) is 0 Å². The normalized spacial score (nSPS) is 15.4. The summed E-state index contributed by atoms with van der Waals surface area (Å²) in [5.74, 6) is -0.289. The third-order valence-corrected chi connectivity index (χ3v) is 3.25. The first-order valence-electron chi connectivity index (χ1n) is 4.35. The molecular weight excluding hydrogens is 200 g/mol. The molecule has 2 N–H and O–H groups in total. The van der Waals surface area contributed by atoms with Gasteiger partial charge in [0.2, 0.25) is 5.91 Å². The first kappa shape index (κ1) is 9.48. The number of carbonyl (C=O) groups excluding carboxylic acids is 1. The van der Waals surface area contributed by atoms with Gasteiger partial charge >= 0.3 is 0 Å². The third-order valence-electron chi connectivity index (χ3n) is 2.24. The highest BCUT2D eigenvalue weighted by Crippen LogP contribution is 2.33. The molecule has 1 aromatic heterocycles. The van der Waals surface area contributed by atoms with E-state index >= 15 is 0 Å². The number of anilines is 1. The van der Waals surface area contributed by atoms with Crippen molar-refractivity contribution in [2.24, 2.45) is 5.73 Å². The summed E-state index contributed by atoms with van der Waals surface area (Å²) in [6.45, 7) is 1.20. The van der Waals surface area contributed by atoms with Gasteiger partial charge in [-0.1, -0.05) is 0 Å². The van der Waals surface area contributed by atoms with E-state index in [1.165, 1.54) is 0 Å². The summed E-state index contributed by atoms with van der Waals surface area (Å²) < 4.78 is 5.37. The van der Waals surface area contributed by atoms with Gasteiger partial charge in [0.25, 0.3) is 0 Å². The molecule has 14 heavy (non-hydrogen) atoms. The van der Waals surface area contributed by atoms with Crippen molar-refractivity contribution in [3.8, 4) is 0 Å². The van der Waals surface area contributed by atoms with Crippen LogP contribution >= 0.6 is 11.3 Å². The fraction of sp³-hybridized carbons (Fsp3) is 0.444. The molecule has 0 spiro atoms. The van der Waals surface area contributed by atoms with E-state index in [1.54, 1.807) is 11.3 Å². The molecule has 2 rings (SSSR count). The van der Waals surface area contributed by atoms with Gasteiger partial charge in [-0.05, 0) is 0 Å². The lowest BCUT2D eigenvalue weighted by atomic mass is 10.1. The van der Waals surface area contributed by atoms with E-state index < -0.39 is 0 Å². The van der Waals surface area contributed by atoms with E-state index in [1.807, 2.05) is 11.9 Å². The SMILES string of the molecule is CN1COCc2c1csc2CC(N)=O. The van der Waals surface area contributed by atoms with Crippen LogP contribution in [0.3, 0.4) is 0 Å². The van der Waals surface area contributed by atoms with Gasteiger partial charge in [0.05, 0.1) is 18.7 Å². The number of nitrogens with two attached hydrogens (primary N) is 1. The number of carbonyl (C=O) groups is 1. The number of nitrogens with zero attached hydrogens (tertiary/aromatic N) is 1. The Morgan fingerprint density at radius 2 is 2.57 bits per heavy atom. The average molecular weight is 212 g/mol. The first-order chi connectivity index (χ1) is 6.68. The van der Waals surface area contributed by atoms with Crippen LogP contribution in [0.25, 0.3) is 0 Å². The number of ether oxygens (including phenoxy) is 1. The number of rotatable bonds is 2. The molecule has 0 aliphatic carbocycles. The van der Waals surface area contributed by atoms with Crippen LogP contribution in [0.15, 0.2) is 5.38 Å². The van der Waals surface area contributed by atoms with Gasteiger partial charge in [-0.3, -0.25) is 4.79 Å². The first-order valence-corrected chi connectivity index (χ1v) is 5.23. The molecular formula is C9H12N2O2S.